The largest absolute Gasteiger partial charge is 0.491 e. The van der Waals surface area contributed by atoms with Crippen molar-refractivity contribution in [1.29, 1.82) is 5.26 Å². The molecule has 0 aliphatic carbocycles. The Bertz CT molecular complexity index is 953. The number of hydroxylamine groups is 1. The van der Waals surface area contributed by atoms with E-state index in [2.05, 4.69) is 5.32 Å². The van der Waals surface area contributed by atoms with Gasteiger partial charge in [-0.15, -0.1) is 0 Å². The van der Waals surface area contributed by atoms with E-state index in [1.165, 1.54) is 11.6 Å². The molecule has 4 N–H and O–H groups in total. The van der Waals surface area contributed by atoms with Crippen LogP contribution in [0.25, 0.3) is 0 Å². The van der Waals surface area contributed by atoms with Gasteiger partial charge in [0.1, 0.15) is 18.5 Å². The molecular weight excluding hydrogens is 414 g/mol. The Labute approximate surface area is 185 Å². The van der Waals surface area contributed by atoms with Crippen LogP contribution in [0.2, 0.25) is 0 Å². The van der Waals surface area contributed by atoms with Gasteiger partial charge in [-0.05, 0) is 49.6 Å². The minimum atomic E-state index is -0.674. The maximum absolute atomic E-state index is 12.5. The zero-order chi connectivity index (χ0) is 23.2. The van der Waals surface area contributed by atoms with E-state index in [0.29, 0.717) is 41.8 Å². The number of carbonyl (C=O) groups excluding carboxylic acids is 2. The number of ether oxygens (including phenoxy) is 2. The van der Waals surface area contributed by atoms with Gasteiger partial charge in [0, 0.05) is 17.3 Å². The molecule has 0 heterocycles. The molecule has 168 valence electrons. The Kier molecular flexibility index (Phi) is 10.2. The number of carbonyl (C=O) groups is 2. The van der Waals surface area contributed by atoms with E-state index in [0.717, 1.165) is 0 Å². The molecule has 32 heavy (non-hydrogen) atoms. The fraction of sp³-hybridized carbons (Fsp3) is 0.261. The lowest BCUT2D eigenvalue weighted by Gasteiger charge is -2.21. The summed E-state index contributed by atoms with van der Waals surface area (Å²) in [6.45, 7) is -0.0586. The van der Waals surface area contributed by atoms with Crippen molar-refractivity contribution >= 4 is 17.7 Å². The molecule has 0 unspecified atom stereocenters. The Balaban J connectivity index is 2.10. The third-order valence-electron chi connectivity index (χ3n) is 4.34. The molecular formula is C23H25N3O6. The number of unbranched alkanes of at least 4 members (excludes halogenated alkanes) is 1. The minimum absolute atomic E-state index is 0.0974. The summed E-state index contributed by atoms with van der Waals surface area (Å²) in [6.07, 6.45) is 3.03. The first-order chi connectivity index (χ1) is 15.6. The number of nitrogens with zero attached hydrogens (tertiary/aromatic N) is 1. The first kappa shape index (κ1) is 24.4. The van der Waals surface area contributed by atoms with Gasteiger partial charge in [-0.3, -0.25) is 15.3 Å². The minimum Gasteiger partial charge on any atom is -0.491 e. The smallest absolute Gasteiger partial charge is 0.412 e. The maximum atomic E-state index is 12.5. The summed E-state index contributed by atoms with van der Waals surface area (Å²) in [4.78, 5) is 23.6. The van der Waals surface area contributed by atoms with Gasteiger partial charge in [-0.2, -0.15) is 5.26 Å². The second-order valence-electron chi connectivity index (χ2n) is 6.63. The Morgan fingerprint density at radius 1 is 1.16 bits per heavy atom. The van der Waals surface area contributed by atoms with Gasteiger partial charge in [-0.1, -0.05) is 24.3 Å². The number of amides is 2. The molecule has 2 aromatic carbocycles. The van der Waals surface area contributed by atoms with Gasteiger partial charge >= 0.3 is 6.09 Å². The van der Waals surface area contributed by atoms with E-state index < -0.39 is 18.1 Å². The first-order valence-corrected chi connectivity index (χ1v) is 9.98. The fourth-order valence-corrected chi connectivity index (χ4v) is 2.86. The van der Waals surface area contributed by atoms with Gasteiger partial charge in [0.25, 0.3) is 5.91 Å². The summed E-state index contributed by atoms with van der Waals surface area (Å²) >= 11 is 0. The zero-order valence-corrected chi connectivity index (χ0v) is 17.4. The molecule has 0 saturated carbocycles. The maximum Gasteiger partial charge on any atom is 0.412 e. The van der Waals surface area contributed by atoms with E-state index in [1.54, 1.807) is 54.6 Å². The number of hydrogen-bond donors (Lipinski definition) is 4. The van der Waals surface area contributed by atoms with Gasteiger partial charge in [0.05, 0.1) is 18.2 Å². The average Bonchev–Trinajstić information content (AvgIpc) is 2.82. The van der Waals surface area contributed by atoms with Crippen LogP contribution in [0.15, 0.2) is 60.7 Å². The van der Waals surface area contributed by atoms with Crippen molar-refractivity contribution in [2.75, 3.05) is 18.5 Å². The van der Waals surface area contributed by atoms with Crippen molar-refractivity contribution in [2.24, 2.45) is 0 Å². The molecule has 0 saturated heterocycles. The van der Waals surface area contributed by atoms with Gasteiger partial charge in [0.15, 0.2) is 0 Å². The molecule has 1 atom stereocenters. The number of aliphatic hydroxyl groups is 1. The Morgan fingerprint density at radius 3 is 2.59 bits per heavy atom. The Hall–Kier alpha value is -3.87. The van der Waals surface area contributed by atoms with Crippen molar-refractivity contribution in [2.45, 2.75) is 25.4 Å². The summed E-state index contributed by atoms with van der Waals surface area (Å²) in [6, 6.07) is 15.5. The van der Waals surface area contributed by atoms with Gasteiger partial charge in [-0.25, -0.2) is 10.3 Å². The highest BCUT2D eigenvalue weighted by Gasteiger charge is 2.20. The zero-order valence-electron chi connectivity index (χ0n) is 17.4. The van der Waals surface area contributed by atoms with Crippen LogP contribution in [-0.2, 0) is 9.53 Å². The number of nitriles is 1. The lowest BCUT2D eigenvalue weighted by molar-refractivity contribution is -0.124. The SMILES string of the molecule is N#Cc1ccc(NC(=O)O[C@H](CCC/C=C/C(=O)NO)c2ccccc2OCCO)cc1. The number of rotatable bonds is 11. The fourth-order valence-electron chi connectivity index (χ4n) is 2.86. The predicted octanol–water partition coefficient (Wildman–Crippen LogP) is 3.45. The molecule has 2 aromatic rings. The molecule has 0 aliphatic rings. The van der Waals surface area contributed by atoms with Gasteiger partial charge in [0.2, 0.25) is 0 Å². The van der Waals surface area contributed by atoms with Crippen LogP contribution in [0.5, 0.6) is 5.75 Å². The van der Waals surface area contributed by atoms with Crippen LogP contribution in [0.4, 0.5) is 10.5 Å². The standard InChI is InChI=1S/C23H25N3O6/c24-16-17-10-12-18(13-11-17)25-23(29)32-21(8-2-1-3-9-22(28)26-30)19-6-4-5-7-20(19)31-15-14-27/h3-7,9-13,21,27,30H,1-2,8,14-15H2,(H,25,29)(H,26,28)/b9-3+/t21-/m1/s1. The molecule has 0 bridgehead atoms. The molecule has 2 rings (SSSR count). The number of hydrogen-bond acceptors (Lipinski definition) is 7. The van der Waals surface area contributed by atoms with Crippen LogP contribution >= 0.6 is 0 Å². The summed E-state index contributed by atoms with van der Waals surface area (Å²) < 4.78 is 11.2. The Morgan fingerprint density at radius 2 is 1.91 bits per heavy atom. The number of nitrogens with one attached hydrogen (secondary N) is 2. The van der Waals surface area contributed by atoms with Crippen molar-refractivity contribution in [1.82, 2.24) is 5.48 Å². The number of allylic oxidation sites excluding steroid dienone is 1. The summed E-state index contributed by atoms with van der Waals surface area (Å²) in [5, 5.41) is 29.1. The second kappa shape index (κ2) is 13.4. The highest BCUT2D eigenvalue weighted by Crippen LogP contribution is 2.32. The average molecular weight is 439 g/mol. The summed E-state index contributed by atoms with van der Waals surface area (Å²) in [5.74, 6) is -0.129. The van der Waals surface area contributed by atoms with Crippen LogP contribution in [0, 0.1) is 11.3 Å². The molecule has 0 aliphatic heterocycles. The molecule has 2 amide bonds. The monoisotopic (exact) mass is 439 g/mol. The van der Waals surface area contributed by atoms with Crippen molar-refractivity contribution < 1.29 is 29.4 Å². The van der Waals surface area contributed by atoms with Crippen molar-refractivity contribution in [3.8, 4) is 11.8 Å². The molecule has 0 fully saturated rings. The third-order valence-corrected chi connectivity index (χ3v) is 4.34. The summed E-state index contributed by atoms with van der Waals surface area (Å²) in [5.41, 5.74) is 3.12. The second-order valence-corrected chi connectivity index (χ2v) is 6.63. The van der Waals surface area contributed by atoms with E-state index in [1.807, 2.05) is 6.07 Å². The molecule has 0 radical (unpaired) electrons. The number of anilines is 1. The van der Waals surface area contributed by atoms with Gasteiger partial charge < -0.3 is 14.6 Å². The highest BCUT2D eigenvalue weighted by molar-refractivity contribution is 5.86. The quantitative estimate of drug-likeness (QED) is 0.182. The van der Waals surface area contributed by atoms with E-state index in [-0.39, 0.29) is 13.2 Å². The first-order valence-electron chi connectivity index (χ1n) is 9.98. The number of para-hydroxylation sites is 1. The van der Waals surface area contributed by atoms with Crippen LogP contribution in [0.1, 0.15) is 36.5 Å². The summed E-state index contributed by atoms with van der Waals surface area (Å²) in [7, 11) is 0. The molecule has 0 spiro atoms. The van der Waals surface area contributed by atoms with Crippen LogP contribution in [0.3, 0.4) is 0 Å². The third kappa shape index (κ3) is 8.10. The van der Waals surface area contributed by atoms with Crippen LogP contribution in [-0.4, -0.2) is 35.5 Å². The highest BCUT2D eigenvalue weighted by atomic mass is 16.6. The number of benzene rings is 2. The van der Waals surface area contributed by atoms with Crippen molar-refractivity contribution in [3.63, 3.8) is 0 Å². The topological polar surface area (TPSA) is 141 Å². The molecule has 9 nitrogen and oxygen atoms in total. The van der Waals surface area contributed by atoms with Crippen LogP contribution < -0.4 is 15.5 Å². The molecule has 0 aromatic heterocycles. The van der Waals surface area contributed by atoms with E-state index in [9.17, 15) is 9.59 Å². The molecule has 9 heteroatoms. The number of aliphatic hydroxyl groups excluding tert-OH is 1. The normalized spacial score (nSPS) is 11.4. The van der Waals surface area contributed by atoms with E-state index >= 15 is 0 Å². The lowest BCUT2D eigenvalue weighted by Crippen LogP contribution is -2.18. The predicted molar refractivity (Wildman–Crippen MR) is 116 cm³/mol. The van der Waals surface area contributed by atoms with E-state index in [4.69, 9.17) is 25.0 Å². The van der Waals surface area contributed by atoms with Crippen molar-refractivity contribution in [3.05, 3.63) is 71.8 Å². The lowest BCUT2D eigenvalue weighted by atomic mass is 10.0.